The van der Waals surface area contributed by atoms with Gasteiger partial charge in [-0.1, -0.05) is 38.1 Å². The minimum atomic E-state index is -0.179. The topological polar surface area (TPSA) is 70.7 Å². The molecule has 1 aliphatic rings. The second-order valence-electron chi connectivity index (χ2n) is 8.20. The number of ether oxygens (including phenoxy) is 1. The zero-order valence-corrected chi connectivity index (χ0v) is 18.2. The predicted molar refractivity (Wildman–Crippen MR) is 120 cm³/mol. The first-order valence-corrected chi connectivity index (χ1v) is 10.5. The summed E-state index contributed by atoms with van der Waals surface area (Å²) in [5.41, 5.74) is 4.13. The van der Waals surface area contributed by atoms with Gasteiger partial charge in [0.1, 0.15) is 0 Å². The Labute approximate surface area is 178 Å². The molecule has 30 heavy (non-hydrogen) atoms. The van der Waals surface area contributed by atoms with E-state index in [4.69, 9.17) is 4.74 Å². The average Bonchev–Trinajstić information content (AvgIpc) is 3.27. The monoisotopic (exact) mass is 409 g/mol. The zero-order valence-electron chi connectivity index (χ0n) is 18.2. The van der Waals surface area contributed by atoms with Crippen molar-refractivity contribution in [3.63, 3.8) is 0 Å². The van der Waals surface area contributed by atoms with E-state index in [9.17, 15) is 9.59 Å². The van der Waals surface area contributed by atoms with Gasteiger partial charge >= 0.3 is 0 Å². The van der Waals surface area contributed by atoms with E-state index in [1.807, 2.05) is 57.1 Å². The third-order valence-electron chi connectivity index (χ3n) is 5.22. The third kappa shape index (κ3) is 5.39. The van der Waals surface area contributed by atoms with Crippen LogP contribution in [0.4, 0.5) is 11.4 Å². The van der Waals surface area contributed by atoms with Crippen molar-refractivity contribution in [3.05, 3.63) is 59.2 Å². The molecule has 0 spiro atoms. The Bertz CT molecular complexity index is 902. The Balaban J connectivity index is 1.73. The van der Waals surface area contributed by atoms with Crippen molar-refractivity contribution < 1.29 is 14.3 Å². The Hall–Kier alpha value is -2.86. The minimum Gasteiger partial charge on any atom is -0.377 e. The molecule has 0 bridgehead atoms. The summed E-state index contributed by atoms with van der Waals surface area (Å²) in [4.78, 5) is 26.9. The molecule has 2 N–H and O–H groups in total. The summed E-state index contributed by atoms with van der Waals surface area (Å²) in [6.45, 7) is 4.90. The van der Waals surface area contributed by atoms with Gasteiger partial charge in [0.2, 0.25) is 5.91 Å². The number of amides is 2. The molecule has 6 heteroatoms. The summed E-state index contributed by atoms with van der Waals surface area (Å²) in [5, 5.41) is 5.88. The number of carbonyl (C=O) groups is 2. The molecule has 0 saturated carbocycles. The molecule has 3 rings (SSSR count). The molecule has 0 aliphatic carbocycles. The molecule has 0 radical (unpaired) electrons. The van der Waals surface area contributed by atoms with Crippen LogP contribution in [0.15, 0.2) is 42.5 Å². The highest BCUT2D eigenvalue weighted by Gasteiger charge is 2.18. The number of benzene rings is 2. The van der Waals surface area contributed by atoms with Crippen LogP contribution in [-0.4, -0.2) is 32.5 Å². The second-order valence-corrected chi connectivity index (χ2v) is 8.20. The summed E-state index contributed by atoms with van der Waals surface area (Å²) in [6, 6.07) is 13.6. The van der Waals surface area contributed by atoms with Crippen LogP contribution in [-0.2, 0) is 16.1 Å². The van der Waals surface area contributed by atoms with Crippen molar-refractivity contribution >= 4 is 23.2 Å². The van der Waals surface area contributed by atoms with E-state index in [0.717, 1.165) is 36.3 Å². The SMILES string of the molecule is CC(C)C(=O)Nc1ccc(N(C)C)c(C(=O)NCc2cccc(C3CCCO3)c2)c1. The van der Waals surface area contributed by atoms with Crippen molar-refractivity contribution in [1.82, 2.24) is 5.32 Å². The first-order valence-electron chi connectivity index (χ1n) is 10.5. The molecule has 6 nitrogen and oxygen atoms in total. The lowest BCUT2D eigenvalue weighted by Crippen LogP contribution is -2.26. The van der Waals surface area contributed by atoms with Gasteiger partial charge in [-0.15, -0.1) is 0 Å². The van der Waals surface area contributed by atoms with E-state index in [1.165, 1.54) is 0 Å². The highest BCUT2D eigenvalue weighted by atomic mass is 16.5. The lowest BCUT2D eigenvalue weighted by Gasteiger charge is -2.19. The van der Waals surface area contributed by atoms with Crippen LogP contribution in [0.3, 0.4) is 0 Å². The average molecular weight is 410 g/mol. The normalized spacial score (nSPS) is 15.8. The maximum Gasteiger partial charge on any atom is 0.253 e. The van der Waals surface area contributed by atoms with Crippen LogP contribution in [0.1, 0.15) is 54.3 Å². The van der Waals surface area contributed by atoms with E-state index < -0.39 is 0 Å². The van der Waals surface area contributed by atoms with Crippen LogP contribution in [0.5, 0.6) is 0 Å². The second kappa shape index (κ2) is 9.76. The molecule has 1 atom stereocenters. The number of carbonyl (C=O) groups excluding carboxylic acids is 2. The maximum absolute atomic E-state index is 13.0. The predicted octanol–water partition coefficient (Wildman–Crippen LogP) is 4.13. The Morgan fingerprint density at radius 1 is 1.17 bits per heavy atom. The number of anilines is 2. The molecule has 2 amide bonds. The third-order valence-corrected chi connectivity index (χ3v) is 5.22. The number of nitrogens with one attached hydrogen (secondary N) is 2. The summed E-state index contributed by atoms with van der Waals surface area (Å²) >= 11 is 0. The summed E-state index contributed by atoms with van der Waals surface area (Å²) in [7, 11) is 3.78. The van der Waals surface area contributed by atoms with E-state index in [1.54, 1.807) is 6.07 Å². The van der Waals surface area contributed by atoms with Gasteiger partial charge < -0.3 is 20.3 Å². The fourth-order valence-corrected chi connectivity index (χ4v) is 3.49. The Morgan fingerprint density at radius 2 is 1.97 bits per heavy atom. The van der Waals surface area contributed by atoms with Gasteiger partial charge in [0.15, 0.2) is 0 Å². The van der Waals surface area contributed by atoms with Crippen molar-refractivity contribution in [1.29, 1.82) is 0 Å². The molecular weight excluding hydrogens is 378 g/mol. The smallest absolute Gasteiger partial charge is 0.253 e. The van der Waals surface area contributed by atoms with Gasteiger partial charge in [-0.3, -0.25) is 9.59 Å². The van der Waals surface area contributed by atoms with E-state index in [0.29, 0.717) is 17.8 Å². The Kier molecular flexibility index (Phi) is 7.11. The summed E-state index contributed by atoms with van der Waals surface area (Å²) in [5.74, 6) is -0.390. The van der Waals surface area contributed by atoms with E-state index in [-0.39, 0.29) is 23.8 Å². The quantitative estimate of drug-likeness (QED) is 0.721. The lowest BCUT2D eigenvalue weighted by atomic mass is 10.0. The highest BCUT2D eigenvalue weighted by Crippen LogP contribution is 2.29. The Morgan fingerprint density at radius 3 is 2.63 bits per heavy atom. The molecule has 1 fully saturated rings. The number of hydrogen-bond acceptors (Lipinski definition) is 4. The molecule has 1 aliphatic heterocycles. The molecule has 2 aromatic rings. The van der Waals surface area contributed by atoms with Crippen LogP contribution in [0, 0.1) is 5.92 Å². The van der Waals surface area contributed by atoms with E-state index in [2.05, 4.69) is 22.8 Å². The number of hydrogen-bond donors (Lipinski definition) is 2. The van der Waals surface area contributed by atoms with Crippen molar-refractivity contribution in [2.75, 3.05) is 30.9 Å². The van der Waals surface area contributed by atoms with Gasteiger partial charge in [-0.25, -0.2) is 0 Å². The molecule has 1 saturated heterocycles. The summed E-state index contributed by atoms with van der Waals surface area (Å²) < 4.78 is 5.77. The lowest BCUT2D eigenvalue weighted by molar-refractivity contribution is -0.118. The molecule has 1 unspecified atom stereocenters. The molecule has 0 aromatic heterocycles. The van der Waals surface area contributed by atoms with Crippen LogP contribution < -0.4 is 15.5 Å². The van der Waals surface area contributed by atoms with Crippen molar-refractivity contribution in [3.8, 4) is 0 Å². The van der Waals surface area contributed by atoms with Crippen molar-refractivity contribution in [2.45, 2.75) is 39.3 Å². The molecule has 2 aromatic carbocycles. The molecular formula is C24H31N3O3. The fraction of sp³-hybridized carbons (Fsp3) is 0.417. The zero-order chi connectivity index (χ0) is 21.7. The van der Waals surface area contributed by atoms with Gasteiger partial charge in [0.05, 0.1) is 11.7 Å². The fourth-order valence-electron chi connectivity index (χ4n) is 3.49. The highest BCUT2D eigenvalue weighted by molar-refractivity contribution is 6.02. The van der Waals surface area contributed by atoms with Crippen LogP contribution in [0.2, 0.25) is 0 Å². The molecule has 160 valence electrons. The van der Waals surface area contributed by atoms with Crippen LogP contribution >= 0.6 is 0 Å². The first kappa shape index (κ1) is 21.8. The van der Waals surface area contributed by atoms with Crippen LogP contribution in [0.25, 0.3) is 0 Å². The maximum atomic E-state index is 13.0. The van der Waals surface area contributed by atoms with E-state index >= 15 is 0 Å². The first-order chi connectivity index (χ1) is 14.3. The molecule has 1 heterocycles. The minimum absolute atomic E-state index is 0.0788. The van der Waals surface area contributed by atoms with Gasteiger partial charge in [0.25, 0.3) is 5.91 Å². The van der Waals surface area contributed by atoms with Gasteiger partial charge in [-0.2, -0.15) is 0 Å². The van der Waals surface area contributed by atoms with Gasteiger partial charge in [0, 0.05) is 44.5 Å². The standard InChI is InChI=1S/C24H31N3O3/c1-16(2)23(28)26-19-10-11-21(27(3)4)20(14-19)24(29)25-15-17-7-5-8-18(13-17)22-9-6-12-30-22/h5,7-8,10-11,13-14,16,22H,6,9,12,15H2,1-4H3,(H,25,29)(H,26,28). The largest absolute Gasteiger partial charge is 0.377 e. The van der Waals surface area contributed by atoms with Gasteiger partial charge in [-0.05, 0) is 42.2 Å². The number of nitrogens with zero attached hydrogens (tertiary/aromatic N) is 1. The van der Waals surface area contributed by atoms with Crippen molar-refractivity contribution in [2.24, 2.45) is 5.92 Å². The summed E-state index contributed by atoms with van der Waals surface area (Å²) in [6.07, 6.45) is 2.28. The number of rotatable bonds is 7.